The zero-order valence-electron chi connectivity index (χ0n) is 21.2. The van der Waals surface area contributed by atoms with E-state index >= 15 is 0 Å². The molecule has 0 saturated heterocycles. The Labute approximate surface area is 212 Å². The van der Waals surface area contributed by atoms with E-state index in [2.05, 4.69) is 32.3 Å². The number of carbonyl (C=O) groups is 2. The topological polar surface area (TPSA) is 81.3 Å². The van der Waals surface area contributed by atoms with Gasteiger partial charge in [0, 0.05) is 48.7 Å². The van der Waals surface area contributed by atoms with Crippen LogP contribution in [0.3, 0.4) is 0 Å². The van der Waals surface area contributed by atoms with Crippen LogP contribution in [0.25, 0.3) is 0 Å². The Morgan fingerprint density at radius 1 is 1.08 bits per heavy atom. The molecule has 188 valence electrons. The minimum Gasteiger partial charge on any atom is -0.364 e. The van der Waals surface area contributed by atoms with Gasteiger partial charge in [-0.3, -0.25) is 9.59 Å². The molecule has 2 heterocycles. The summed E-state index contributed by atoms with van der Waals surface area (Å²) in [6.07, 6.45) is 8.94. The minimum atomic E-state index is 0.0558. The van der Waals surface area contributed by atoms with E-state index in [1.807, 2.05) is 49.2 Å². The molecule has 2 amide bonds. The number of aryl methyl sites for hydroxylation is 1. The molecule has 7 nitrogen and oxygen atoms in total. The summed E-state index contributed by atoms with van der Waals surface area (Å²) < 4.78 is 0. The molecule has 1 saturated carbocycles. The van der Waals surface area contributed by atoms with Crippen LogP contribution in [0, 0.1) is 19.8 Å². The van der Waals surface area contributed by atoms with Gasteiger partial charge in [-0.1, -0.05) is 37.5 Å². The Morgan fingerprint density at radius 3 is 2.69 bits per heavy atom. The molecule has 7 heteroatoms. The van der Waals surface area contributed by atoms with Crippen molar-refractivity contribution >= 4 is 23.2 Å². The van der Waals surface area contributed by atoms with Crippen LogP contribution in [-0.2, 0) is 17.9 Å². The number of aromatic amines is 1. The average Bonchev–Trinajstić information content (AvgIpc) is 3.34. The van der Waals surface area contributed by atoms with Gasteiger partial charge in [0.25, 0.3) is 5.91 Å². The molecule has 36 heavy (non-hydrogen) atoms. The molecule has 0 unspecified atom stereocenters. The van der Waals surface area contributed by atoms with E-state index < -0.39 is 0 Å². The highest BCUT2D eigenvalue weighted by Crippen LogP contribution is 2.32. The summed E-state index contributed by atoms with van der Waals surface area (Å²) in [5.74, 6) is 0.277. The standard InChI is InChI=1S/C29H35N5O2/c1-20-7-6-10-26(21(20)2)29(36)34-14-13-33(18-25-16-30-19-31-25)27-15-24(12-11-23(27)17-34)32-28(35)22-8-4-3-5-9-22/h6-7,10-12,15-16,19,22H,3-5,8-9,13-14,17-18H2,1-2H3,(H,30,31)(H,32,35). The second-order valence-corrected chi connectivity index (χ2v) is 10.1. The van der Waals surface area contributed by atoms with Crippen LogP contribution >= 0.6 is 0 Å². The van der Waals surface area contributed by atoms with Crippen molar-refractivity contribution in [1.29, 1.82) is 0 Å². The van der Waals surface area contributed by atoms with E-state index in [0.29, 0.717) is 26.2 Å². The van der Waals surface area contributed by atoms with Crippen LogP contribution in [0.1, 0.15) is 64.8 Å². The van der Waals surface area contributed by atoms with E-state index in [-0.39, 0.29) is 17.7 Å². The second-order valence-electron chi connectivity index (χ2n) is 10.1. The van der Waals surface area contributed by atoms with Crippen LogP contribution in [0.2, 0.25) is 0 Å². The van der Waals surface area contributed by atoms with E-state index in [1.165, 1.54) is 6.42 Å². The fourth-order valence-electron chi connectivity index (χ4n) is 5.39. The number of hydrogen-bond donors (Lipinski definition) is 2. The maximum Gasteiger partial charge on any atom is 0.254 e. The van der Waals surface area contributed by atoms with Crippen LogP contribution in [0.5, 0.6) is 0 Å². The first-order valence-electron chi connectivity index (χ1n) is 13.0. The van der Waals surface area contributed by atoms with E-state index in [9.17, 15) is 9.59 Å². The maximum absolute atomic E-state index is 13.6. The van der Waals surface area contributed by atoms with E-state index in [1.54, 1.807) is 6.33 Å². The molecule has 5 rings (SSSR count). The summed E-state index contributed by atoms with van der Waals surface area (Å²) >= 11 is 0. The molecule has 0 radical (unpaired) electrons. The lowest BCUT2D eigenvalue weighted by Crippen LogP contribution is -2.35. The largest absolute Gasteiger partial charge is 0.364 e. The molecule has 3 aromatic rings. The summed E-state index contributed by atoms with van der Waals surface area (Å²) in [4.78, 5) is 38.1. The summed E-state index contributed by atoms with van der Waals surface area (Å²) in [5.41, 5.74) is 6.84. The van der Waals surface area contributed by atoms with E-state index in [4.69, 9.17) is 0 Å². The Morgan fingerprint density at radius 2 is 1.92 bits per heavy atom. The number of benzene rings is 2. The number of anilines is 2. The lowest BCUT2D eigenvalue weighted by Gasteiger charge is -2.25. The average molecular weight is 486 g/mol. The number of nitrogens with one attached hydrogen (secondary N) is 2. The lowest BCUT2D eigenvalue weighted by atomic mass is 9.88. The van der Waals surface area contributed by atoms with Gasteiger partial charge in [-0.25, -0.2) is 4.98 Å². The Bertz CT molecular complexity index is 1230. The van der Waals surface area contributed by atoms with Crippen molar-refractivity contribution in [2.45, 2.75) is 59.0 Å². The van der Waals surface area contributed by atoms with Crippen molar-refractivity contribution < 1.29 is 9.59 Å². The molecular formula is C29H35N5O2. The summed E-state index contributed by atoms with van der Waals surface area (Å²) in [5, 5.41) is 3.17. The fraction of sp³-hybridized carbons (Fsp3) is 0.414. The number of fused-ring (bicyclic) bond motifs is 1. The Balaban J connectivity index is 1.42. The van der Waals surface area contributed by atoms with Crippen molar-refractivity contribution in [2.75, 3.05) is 23.3 Å². The van der Waals surface area contributed by atoms with Crippen molar-refractivity contribution in [1.82, 2.24) is 14.9 Å². The predicted octanol–water partition coefficient (Wildman–Crippen LogP) is 5.21. The molecule has 0 bridgehead atoms. The third-order valence-corrected chi connectivity index (χ3v) is 7.71. The molecule has 1 aliphatic heterocycles. The number of H-pyrrole nitrogens is 1. The van der Waals surface area contributed by atoms with Gasteiger partial charge in [-0.2, -0.15) is 0 Å². The number of carbonyl (C=O) groups excluding carboxylic acids is 2. The van der Waals surface area contributed by atoms with Crippen molar-refractivity contribution in [3.8, 4) is 0 Å². The number of hydrogen-bond acceptors (Lipinski definition) is 4. The molecule has 2 aromatic carbocycles. The number of amides is 2. The second kappa shape index (κ2) is 10.6. The highest BCUT2D eigenvalue weighted by atomic mass is 16.2. The molecule has 1 aliphatic carbocycles. The monoisotopic (exact) mass is 485 g/mol. The zero-order chi connectivity index (χ0) is 25.1. The lowest BCUT2D eigenvalue weighted by molar-refractivity contribution is -0.120. The first kappa shape index (κ1) is 24.1. The Hall–Kier alpha value is -3.61. The van der Waals surface area contributed by atoms with Gasteiger partial charge in [-0.15, -0.1) is 0 Å². The predicted molar refractivity (Wildman–Crippen MR) is 142 cm³/mol. The minimum absolute atomic E-state index is 0.0558. The summed E-state index contributed by atoms with van der Waals surface area (Å²) in [7, 11) is 0. The van der Waals surface area contributed by atoms with Gasteiger partial charge in [-0.05, 0) is 61.6 Å². The van der Waals surface area contributed by atoms with Crippen LogP contribution in [0.15, 0.2) is 48.9 Å². The molecule has 1 aromatic heterocycles. The van der Waals surface area contributed by atoms with Crippen LogP contribution in [0.4, 0.5) is 11.4 Å². The summed E-state index contributed by atoms with van der Waals surface area (Å²) in [6, 6.07) is 12.0. The number of aromatic nitrogens is 2. The SMILES string of the molecule is Cc1cccc(C(=O)N2CCN(Cc3cnc[nH]3)c3cc(NC(=O)C4CCCCC4)ccc3C2)c1C. The number of nitrogens with zero attached hydrogens (tertiary/aromatic N) is 3. The van der Waals surface area contributed by atoms with Crippen molar-refractivity contribution in [2.24, 2.45) is 5.92 Å². The zero-order valence-corrected chi connectivity index (χ0v) is 21.2. The van der Waals surface area contributed by atoms with Crippen LogP contribution < -0.4 is 10.2 Å². The molecular weight excluding hydrogens is 450 g/mol. The highest BCUT2D eigenvalue weighted by Gasteiger charge is 2.26. The first-order chi connectivity index (χ1) is 17.5. The number of rotatable bonds is 5. The first-order valence-corrected chi connectivity index (χ1v) is 13.0. The van der Waals surface area contributed by atoms with E-state index in [0.717, 1.165) is 65.0 Å². The fourth-order valence-corrected chi connectivity index (χ4v) is 5.39. The molecule has 1 fully saturated rings. The smallest absolute Gasteiger partial charge is 0.254 e. The van der Waals surface area contributed by atoms with Gasteiger partial charge < -0.3 is 20.1 Å². The van der Waals surface area contributed by atoms with Gasteiger partial charge in [0.15, 0.2) is 0 Å². The molecule has 0 spiro atoms. The maximum atomic E-state index is 13.6. The highest BCUT2D eigenvalue weighted by molar-refractivity contribution is 5.96. The van der Waals surface area contributed by atoms with Gasteiger partial charge >= 0.3 is 0 Å². The van der Waals surface area contributed by atoms with Gasteiger partial charge in [0.1, 0.15) is 0 Å². The van der Waals surface area contributed by atoms with Crippen molar-refractivity contribution in [3.05, 3.63) is 76.9 Å². The quantitative estimate of drug-likeness (QED) is 0.520. The molecule has 0 atom stereocenters. The third-order valence-electron chi connectivity index (χ3n) is 7.71. The number of imidazole rings is 1. The van der Waals surface area contributed by atoms with Crippen molar-refractivity contribution in [3.63, 3.8) is 0 Å². The van der Waals surface area contributed by atoms with Gasteiger partial charge in [0.05, 0.1) is 18.6 Å². The summed E-state index contributed by atoms with van der Waals surface area (Å²) in [6.45, 7) is 6.52. The molecule has 2 N–H and O–H groups in total. The molecule has 2 aliphatic rings. The normalized spacial score (nSPS) is 16.4. The van der Waals surface area contributed by atoms with Crippen LogP contribution in [-0.4, -0.2) is 39.8 Å². The van der Waals surface area contributed by atoms with Gasteiger partial charge in [0.2, 0.25) is 5.91 Å². The Kier molecular flexibility index (Phi) is 7.07. The third kappa shape index (κ3) is 5.15.